The number of likely N-dealkylation sites (N-methyl/N-ethyl adjacent to an activating group) is 1. The van der Waals surface area contributed by atoms with E-state index in [9.17, 15) is 4.79 Å². The maximum absolute atomic E-state index is 13.2. The smallest absolute Gasteiger partial charge is 0.274 e. The van der Waals surface area contributed by atoms with E-state index in [1.54, 1.807) is 0 Å². The minimum absolute atomic E-state index is 0.00960. The summed E-state index contributed by atoms with van der Waals surface area (Å²) < 4.78 is 7.44. The molecule has 148 valence electrons. The summed E-state index contributed by atoms with van der Waals surface area (Å²) in [5.74, 6) is -0.00960. The van der Waals surface area contributed by atoms with Crippen molar-refractivity contribution in [3.63, 3.8) is 0 Å². The topological polar surface area (TPSA) is 78.8 Å². The molecule has 4 heterocycles. The van der Waals surface area contributed by atoms with E-state index in [0.29, 0.717) is 38.5 Å². The molecule has 0 aromatic carbocycles. The number of fused-ring (bicyclic) bond motifs is 1. The van der Waals surface area contributed by atoms with Gasteiger partial charge in [-0.1, -0.05) is 6.07 Å². The first-order valence-corrected chi connectivity index (χ1v) is 9.63. The number of amides is 1. The summed E-state index contributed by atoms with van der Waals surface area (Å²) >= 11 is 0. The van der Waals surface area contributed by atoms with Crippen molar-refractivity contribution in [3.8, 4) is 0 Å². The van der Waals surface area contributed by atoms with E-state index in [4.69, 9.17) is 9.72 Å². The highest BCUT2D eigenvalue weighted by Gasteiger charge is 2.26. The van der Waals surface area contributed by atoms with E-state index in [-0.39, 0.29) is 5.91 Å². The van der Waals surface area contributed by atoms with Crippen LogP contribution in [0, 0.1) is 6.92 Å². The van der Waals surface area contributed by atoms with Crippen LogP contribution in [-0.4, -0.2) is 75.2 Å². The summed E-state index contributed by atoms with van der Waals surface area (Å²) in [6.07, 6.45) is 6.65. The van der Waals surface area contributed by atoms with Crippen molar-refractivity contribution in [1.82, 2.24) is 29.4 Å². The first kappa shape index (κ1) is 18.6. The van der Waals surface area contributed by atoms with Gasteiger partial charge in [-0.3, -0.25) is 9.89 Å². The molecule has 0 aliphatic carbocycles. The molecule has 3 aromatic heterocycles. The normalized spacial score (nSPS) is 14.9. The van der Waals surface area contributed by atoms with E-state index < -0.39 is 0 Å². The Morgan fingerprint density at radius 3 is 2.93 bits per heavy atom. The van der Waals surface area contributed by atoms with Crippen molar-refractivity contribution in [2.45, 2.75) is 19.9 Å². The maximum Gasteiger partial charge on any atom is 0.274 e. The molecule has 1 N–H and O–H groups in total. The molecule has 0 saturated carbocycles. The van der Waals surface area contributed by atoms with Crippen molar-refractivity contribution >= 4 is 11.6 Å². The number of pyridine rings is 1. The van der Waals surface area contributed by atoms with Crippen LogP contribution in [0.3, 0.4) is 0 Å². The number of carbonyl (C=O) groups excluding carboxylic acids is 1. The van der Waals surface area contributed by atoms with Crippen LogP contribution in [0.4, 0.5) is 0 Å². The number of aromatic nitrogens is 4. The molecule has 1 aliphatic heterocycles. The number of morpholine rings is 1. The number of nitrogens with one attached hydrogen (secondary N) is 1. The van der Waals surface area contributed by atoms with E-state index in [1.807, 2.05) is 42.5 Å². The number of hydrogen-bond donors (Lipinski definition) is 1. The van der Waals surface area contributed by atoms with Gasteiger partial charge in [-0.25, -0.2) is 4.98 Å². The van der Waals surface area contributed by atoms with Gasteiger partial charge in [0.05, 0.1) is 25.1 Å². The molecular formula is C20H26N6O2. The quantitative estimate of drug-likeness (QED) is 0.699. The van der Waals surface area contributed by atoms with Crippen molar-refractivity contribution < 1.29 is 9.53 Å². The molecule has 8 heteroatoms. The zero-order valence-electron chi connectivity index (χ0n) is 16.4. The fourth-order valence-electron chi connectivity index (χ4n) is 3.56. The van der Waals surface area contributed by atoms with Crippen molar-refractivity contribution in [1.29, 1.82) is 0 Å². The Balaban J connectivity index is 1.61. The molecule has 1 aliphatic rings. The van der Waals surface area contributed by atoms with Gasteiger partial charge >= 0.3 is 0 Å². The number of nitrogens with zero attached hydrogens (tertiary/aromatic N) is 5. The molecule has 0 atom stereocenters. The van der Waals surface area contributed by atoms with Gasteiger partial charge in [0.25, 0.3) is 5.91 Å². The van der Waals surface area contributed by atoms with Gasteiger partial charge in [0.15, 0.2) is 5.69 Å². The number of aromatic amines is 1. The Hall–Kier alpha value is -2.71. The second-order valence-corrected chi connectivity index (χ2v) is 7.29. The lowest BCUT2D eigenvalue weighted by atomic mass is 10.2. The van der Waals surface area contributed by atoms with Crippen LogP contribution in [0.15, 0.2) is 30.7 Å². The van der Waals surface area contributed by atoms with Gasteiger partial charge in [-0.15, -0.1) is 0 Å². The fourth-order valence-corrected chi connectivity index (χ4v) is 3.56. The van der Waals surface area contributed by atoms with Crippen LogP contribution in [0.2, 0.25) is 0 Å². The highest BCUT2D eigenvalue weighted by atomic mass is 16.5. The monoisotopic (exact) mass is 382 g/mol. The summed E-state index contributed by atoms with van der Waals surface area (Å²) in [5.41, 5.74) is 4.56. The van der Waals surface area contributed by atoms with Crippen LogP contribution in [0.1, 0.15) is 27.3 Å². The SMILES string of the molecule is Cc1cccn2c(CN(C)CCc3cn[nH]c3)c(C(=O)N3CCOCC3)nc12. The van der Waals surface area contributed by atoms with E-state index >= 15 is 0 Å². The molecule has 0 bridgehead atoms. The second-order valence-electron chi connectivity index (χ2n) is 7.29. The molecule has 8 nitrogen and oxygen atoms in total. The van der Waals surface area contributed by atoms with Crippen molar-refractivity contribution in [2.75, 3.05) is 39.9 Å². The molecule has 0 radical (unpaired) electrons. The first-order chi connectivity index (χ1) is 13.6. The van der Waals surface area contributed by atoms with Crippen LogP contribution in [0.5, 0.6) is 0 Å². The molecule has 3 aromatic rings. The molecule has 0 spiro atoms. The van der Waals surface area contributed by atoms with Gasteiger partial charge in [-0.2, -0.15) is 5.10 Å². The standard InChI is InChI=1S/C20H26N6O2/c1-15-4-3-6-26-17(14-24(2)7-5-16-12-21-22-13-16)18(23-19(15)26)20(27)25-8-10-28-11-9-25/h3-4,6,12-13H,5,7-11,14H2,1-2H3,(H,21,22). The van der Waals surface area contributed by atoms with Crippen LogP contribution >= 0.6 is 0 Å². The summed E-state index contributed by atoms with van der Waals surface area (Å²) in [6.45, 7) is 5.93. The van der Waals surface area contributed by atoms with Crippen LogP contribution < -0.4 is 0 Å². The average Bonchev–Trinajstić information content (AvgIpc) is 3.36. The van der Waals surface area contributed by atoms with E-state index in [2.05, 4.69) is 26.5 Å². The third-order valence-electron chi connectivity index (χ3n) is 5.20. The molecule has 28 heavy (non-hydrogen) atoms. The summed E-state index contributed by atoms with van der Waals surface area (Å²) in [4.78, 5) is 22.0. The van der Waals surface area contributed by atoms with Gasteiger partial charge in [0.2, 0.25) is 0 Å². The fraction of sp³-hybridized carbons (Fsp3) is 0.450. The van der Waals surface area contributed by atoms with Gasteiger partial charge in [0.1, 0.15) is 5.65 Å². The lowest BCUT2D eigenvalue weighted by Gasteiger charge is -2.26. The van der Waals surface area contributed by atoms with Crippen LogP contribution in [-0.2, 0) is 17.7 Å². The van der Waals surface area contributed by atoms with Gasteiger partial charge in [-0.05, 0) is 37.6 Å². The third kappa shape index (κ3) is 3.79. The Morgan fingerprint density at radius 1 is 1.36 bits per heavy atom. The Labute approximate surface area is 164 Å². The predicted octanol–water partition coefficient (Wildman–Crippen LogP) is 1.51. The number of rotatable bonds is 6. The predicted molar refractivity (Wildman–Crippen MR) is 105 cm³/mol. The van der Waals surface area contributed by atoms with Crippen molar-refractivity contribution in [3.05, 3.63) is 53.2 Å². The molecule has 0 unspecified atom stereocenters. The van der Waals surface area contributed by atoms with E-state index in [1.165, 1.54) is 5.56 Å². The maximum atomic E-state index is 13.2. The number of H-pyrrole nitrogens is 1. The number of ether oxygens (including phenoxy) is 1. The number of aryl methyl sites for hydroxylation is 1. The molecule has 4 rings (SSSR count). The molecular weight excluding hydrogens is 356 g/mol. The van der Waals surface area contributed by atoms with Crippen LogP contribution in [0.25, 0.3) is 5.65 Å². The second kappa shape index (κ2) is 8.12. The minimum Gasteiger partial charge on any atom is -0.378 e. The molecule has 1 saturated heterocycles. The average molecular weight is 382 g/mol. The number of carbonyl (C=O) groups is 1. The highest BCUT2D eigenvalue weighted by molar-refractivity contribution is 5.94. The minimum atomic E-state index is -0.00960. The summed E-state index contributed by atoms with van der Waals surface area (Å²) in [7, 11) is 2.07. The summed E-state index contributed by atoms with van der Waals surface area (Å²) in [5, 5.41) is 6.84. The Morgan fingerprint density at radius 2 is 2.18 bits per heavy atom. The Bertz CT molecular complexity index is 943. The summed E-state index contributed by atoms with van der Waals surface area (Å²) in [6, 6.07) is 4.03. The first-order valence-electron chi connectivity index (χ1n) is 9.63. The lowest BCUT2D eigenvalue weighted by molar-refractivity contribution is 0.0298. The number of imidazole rings is 1. The third-order valence-corrected chi connectivity index (χ3v) is 5.20. The van der Waals surface area contributed by atoms with Gasteiger partial charge < -0.3 is 18.9 Å². The largest absolute Gasteiger partial charge is 0.378 e. The molecule has 1 amide bonds. The van der Waals surface area contributed by atoms with Crippen molar-refractivity contribution in [2.24, 2.45) is 0 Å². The lowest BCUT2D eigenvalue weighted by Crippen LogP contribution is -2.41. The zero-order chi connectivity index (χ0) is 19.5. The zero-order valence-corrected chi connectivity index (χ0v) is 16.4. The number of hydrogen-bond acceptors (Lipinski definition) is 5. The highest BCUT2D eigenvalue weighted by Crippen LogP contribution is 2.20. The van der Waals surface area contributed by atoms with E-state index in [0.717, 1.165) is 29.9 Å². The van der Waals surface area contributed by atoms with Gasteiger partial charge in [0, 0.05) is 38.6 Å². The molecule has 1 fully saturated rings. The Kier molecular flexibility index (Phi) is 5.40.